The van der Waals surface area contributed by atoms with Crippen LogP contribution in [0.5, 0.6) is 0 Å². The molecular formula is C12H8Cl3F3N2O4. The van der Waals surface area contributed by atoms with Gasteiger partial charge in [0.25, 0.3) is 5.91 Å². The Kier molecular flexibility index (Phi) is 7.12. The van der Waals surface area contributed by atoms with Crippen molar-refractivity contribution in [2.45, 2.75) is 6.18 Å². The number of carbonyl (C=O) groups is 3. The van der Waals surface area contributed by atoms with Crippen molar-refractivity contribution < 1.29 is 32.3 Å². The number of hydrogen-bond acceptors (Lipinski definition) is 4. The van der Waals surface area contributed by atoms with E-state index in [0.717, 1.165) is 0 Å². The number of benzene rings is 1. The normalized spacial score (nSPS) is 10.9. The third-order valence-electron chi connectivity index (χ3n) is 2.28. The summed E-state index contributed by atoms with van der Waals surface area (Å²) >= 11 is 17.3. The van der Waals surface area contributed by atoms with Crippen molar-refractivity contribution in [3.63, 3.8) is 0 Å². The van der Waals surface area contributed by atoms with Gasteiger partial charge in [-0.1, -0.05) is 34.8 Å². The monoisotopic (exact) mass is 406 g/mol. The highest BCUT2D eigenvalue weighted by molar-refractivity contribution is 6.46. The van der Waals surface area contributed by atoms with Gasteiger partial charge >= 0.3 is 18.2 Å². The van der Waals surface area contributed by atoms with Crippen molar-refractivity contribution in [3.8, 4) is 0 Å². The van der Waals surface area contributed by atoms with Crippen molar-refractivity contribution in [1.29, 1.82) is 0 Å². The first-order chi connectivity index (χ1) is 11.0. The Morgan fingerprint density at radius 2 is 1.67 bits per heavy atom. The molecule has 0 fully saturated rings. The van der Waals surface area contributed by atoms with Crippen LogP contribution < -0.4 is 10.6 Å². The van der Waals surface area contributed by atoms with Crippen LogP contribution >= 0.6 is 34.8 Å². The van der Waals surface area contributed by atoms with Gasteiger partial charge in [-0.3, -0.25) is 10.1 Å². The van der Waals surface area contributed by atoms with Gasteiger partial charge in [-0.05, 0) is 12.1 Å². The van der Waals surface area contributed by atoms with Crippen LogP contribution in [-0.2, 0) is 9.53 Å². The quantitative estimate of drug-likeness (QED) is 0.593. The second-order valence-corrected chi connectivity index (χ2v) is 5.33. The van der Waals surface area contributed by atoms with E-state index in [0.29, 0.717) is 0 Å². The van der Waals surface area contributed by atoms with Crippen LogP contribution in [0.2, 0.25) is 15.1 Å². The molecule has 0 atom stereocenters. The smallest absolute Gasteiger partial charge is 0.405 e. The Hall–Kier alpha value is -1.71. The first-order valence-corrected chi connectivity index (χ1v) is 7.09. The van der Waals surface area contributed by atoms with Crippen LogP contribution in [0, 0.1) is 0 Å². The zero-order valence-corrected chi connectivity index (χ0v) is 13.7. The Morgan fingerprint density at radius 1 is 1.08 bits per heavy atom. The molecule has 0 radical (unpaired) electrons. The molecule has 6 nitrogen and oxygen atoms in total. The van der Waals surface area contributed by atoms with Crippen molar-refractivity contribution >= 4 is 52.7 Å². The lowest BCUT2D eigenvalue weighted by molar-refractivity contribution is -0.125. The van der Waals surface area contributed by atoms with Crippen molar-refractivity contribution in [2.75, 3.05) is 13.2 Å². The Labute approximate surface area is 148 Å². The summed E-state index contributed by atoms with van der Waals surface area (Å²) in [6.07, 6.45) is -4.63. The van der Waals surface area contributed by atoms with E-state index in [-0.39, 0.29) is 20.6 Å². The molecule has 0 unspecified atom stereocenters. The van der Waals surface area contributed by atoms with Crippen molar-refractivity contribution in [2.24, 2.45) is 0 Å². The second-order valence-electron chi connectivity index (χ2n) is 4.14. The molecule has 1 rings (SSSR count). The number of hydrogen-bond donors (Lipinski definition) is 2. The number of ether oxygens (including phenoxy) is 1. The fourth-order valence-corrected chi connectivity index (χ4v) is 1.99. The molecule has 0 heterocycles. The first kappa shape index (κ1) is 20.3. The largest absolute Gasteiger partial charge is 0.452 e. The zero-order chi connectivity index (χ0) is 18.5. The topological polar surface area (TPSA) is 84.5 Å². The lowest BCUT2D eigenvalue weighted by Gasteiger charge is -2.10. The SMILES string of the molecule is O=C(COC(=O)c1c(Cl)ccc(Cl)c1Cl)NC(=O)NCC(F)(F)F. The predicted molar refractivity (Wildman–Crippen MR) is 79.4 cm³/mol. The number of imide groups is 1. The van der Waals surface area contributed by atoms with Gasteiger partial charge in [0.2, 0.25) is 0 Å². The molecule has 12 heteroatoms. The number of carbonyl (C=O) groups excluding carboxylic acids is 3. The van der Waals surface area contributed by atoms with Crippen LogP contribution in [0.1, 0.15) is 10.4 Å². The molecule has 0 bridgehead atoms. The summed E-state index contributed by atoms with van der Waals surface area (Å²) in [5, 5.41) is 2.68. The highest BCUT2D eigenvalue weighted by Crippen LogP contribution is 2.31. The van der Waals surface area contributed by atoms with Gasteiger partial charge in [-0.2, -0.15) is 13.2 Å². The maximum Gasteiger partial charge on any atom is 0.405 e. The lowest BCUT2D eigenvalue weighted by atomic mass is 10.2. The Bertz CT molecular complexity index is 668. The van der Waals surface area contributed by atoms with E-state index in [2.05, 4.69) is 4.74 Å². The molecule has 132 valence electrons. The van der Waals surface area contributed by atoms with E-state index in [1.54, 1.807) is 5.32 Å². The fourth-order valence-electron chi connectivity index (χ4n) is 1.30. The molecule has 0 aliphatic rings. The number of amides is 3. The molecule has 3 amide bonds. The molecule has 24 heavy (non-hydrogen) atoms. The summed E-state index contributed by atoms with van der Waals surface area (Å²) in [7, 11) is 0. The zero-order valence-electron chi connectivity index (χ0n) is 11.5. The average Bonchev–Trinajstić information content (AvgIpc) is 2.46. The molecular weight excluding hydrogens is 399 g/mol. The van der Waals surface area contributed by atoms with E-state index in [1.165, 1.54) is 17.4 Å². The van der Waals surface area contributed by atoms with E-state index in [9.17, 15) is 27.6 Å². The number of urea groups is 1. The standard InChI is InChI=1S/C12H8Cl3F3N2O4/c13-5-1-2-6(14)9(15)8(5)10(22)24-3-7(21)20-11(23)19-4-12(16,17)18/h1-2H,3-4H2,(H2,19,20,21,23). The van der Waals surface area contributed by atoms with Crippen molar-refractivity contribution in [3.05, 3.63) is 32.8 Å². The minimum Gasteiger partial charge on any atom is -0.452 e. The van der Waals surface area contributed by atoms with Gasteiger partial charge in [0, 0.05) is 0 Å². The lowest BCUT2D eigenvalue weighted by Crippen LogP contribution is -2.44. The first-order valence-electron chi connectivity index (χ1n) is 5.96. The summed E-state index contributed by atoms with van der Waals surface area (Å²) in [6.45, 7) is -2.57. The summed E-state index contributed by atoms with van der Waals surface area (Å²) in [5.41, 5.74) is -0.292. The highest BCUT2D eigenvalue weighted by atomic mass is 35.5. The fraction of sp³-hybridized carbons (Fsp3) is 0.250. The molecule has 0 spiro atoms. The summed E-state index contributed by atoms with van der Waals surface area (Å²) in [6, 6.07) is 1.21. The third-order valence-corrected chi connectivity index (χ3v) is 3.40. The van der Waals surface area contributed by atoms with Gasteiger partial charge in [-0.25, -0.2) is 9.59 Å². The molecule has 0 aliphatic carbocycles. The number of alkyl halides is 3. The maximum absolute atomic E-state index is 11.9. The van der Waals surface area contributed by atoms with E-state index in [1.807, 2.05) is 0 Å². The third kappa shape index (κ3) is 6.42. The molecule has 1 aromatic carbocycles. The molecule has 0 saturated carbocycles. The molecule has 0 aliphatic heterocycles. The van der Waals surface area contributed by atoms with Crippen molar-refractivity contribution in [1.82, 2.24) is 10.6 Å². The minimum absolute atomic E-state index is 0.0176. The summed E-state index contributed by atoms with van der Waals surface area (Å²) in [5.74, 6) is -2.25. The van der Waals surface area contributed by atoms with Gasteiger partial charge in [0.15, 0.2) is 6.61 Å². The van der Waals surface area contributed by atoms with Crippen LogP contribution in [0.4, 0.5) is 18.0 Å². The summed E-state index contributed by atoms with van der Waals surface area (Å²) < 4.78 is 40.2. The second kappa shape index (κ2) is 8.41. The molecule has 2 N–H and O–H groups in total. The van der Waals surface area contributed by atoms with Crippen LogP contribution in [-0.4, -0.2) is 37.2 Å². The number of nitrogens with one attached hydrogen (secondary N) is 2. The Morgan fingerprint density at radius 3 is 2.25 bits per heavy atom. The Balaban J connectivity index is 2.55. The minimum atomic E-state index is -4.63. The van der Waals surface area contributed by atoms with E-state index >= 15 is 0 Å². The maximum atomic E-state index is 11.9. The van der Waals surface area contributed by atoms with Gasteiger partial charge < -0.3 is 10.1 Å². The van der Waals surface area contributed by atoms with Crippen LogP contribution in [0.15, 0.2) is 12.1 Å². The van der Waals surface area contributed by atoms with E-state index in [4.69, 9.17) is 34.8 Å². The number of rotatable bonds is 4. The van der Waals surface area contributed by atoms with Crippen LogP contribution in [0.3, 0.4) is 0 Å². The highest BCUT2D eigenvalue weighted by Gasteiger charge is 2.28. The van der Waals surface area contributed by atoms with Gasteiger partial charge in [-0.15, -0.1) is 0 Å². The van der Waals surface area contributed by atoms with Gasteiger partial charge in [0.05, 0.1) is 20.6 Å². The molecule has 0 saturated heterocycles. The predicted octanol–water partition coefficient (Wildman–Crippen LogP) is 3.19. The molecule has 1 aromatic rings. The number of halogens is 6. The molecule has 0 aromatic heterocycles. The van der Waals surface area contributed by atoms with Crippen LogP contribution in [0.25, 0.3) is 0 Å². The van der Waals surface area contributed by atoms with E-state index < -0.39 is 37.2 Å². The van der Waals surface area contributed by atoms with Gasteiger partial charge in [0.1, 0.15) is 6.54 Å². The average molecular weight is 408 g/mol. The number of esters is 1. The summed E-state index contributed by atoms with van der Waals surface area (Å²) in [4.78, 5) is 34.2.